The molecule has 32 heavy (non-hydrogen) atoms. The van der Waals surface area contributed by atoms with Gasteiger partial charge in [-0.2, -0.15) is 4.31 Å². The summed E-state index contributed by atoms with van der Waals surface area (Å²) in [6, 6.07) is 21.9. The molecule has 0 radical (unpaired) electrons. The average Bonchev–Trinajstić information content (AvgIpc) is 3.21. The van der Waals surface area contributed by atoms with E-state index in [0.29, 0.717) is 13.1 Å². The van der Waals surface area contributed by atoms with Crippen molar-refractivity contribution in [2.24, 2.45) is 0 Å². The van der Waals surface area contributed by atoms with Gasteiger partial charge in [0.2, 0.25) is 15.9 Å². The molecule has 3 aromatic rings. The topological polar surface area (TPSA) is 66.9 Å². The summed E-state index contributed by atoms with van der Waals surface area (Å²) in [5, 5.41) is 0. The van der Waals surface area contributed by atoms with E-state index in [2.05, 4.69) is 0 Å². The summed E-state index contributed by atoms with van der Waals surface area (Å²) in [5.41, 5.74) is 0.989. The molecule has 0 unspecified atom stereocenters. The molecule has 1 aromatic heterocycles. The Labute approximate surface area is 194 Å². The smallest absolute Gasteiger partial charge is 0.243 e. The van der Waals surface area contributed by atoms with E-state index in [9.17, 15) is 13.2 Å². The molecule has 0 aliphatic carbocycles. The van der Waals surface area contributed by atoms with Gasteiger partial charge < -0.3 is 9.64 Å². The molecule has 2 aromatic carbocycles. The molecule has 1 heterocycles. The maximum atomic E-state index is 13.4. The first kappa shape index (κ1) is 24.1. The quantitative estimate of drug-likeness (QED) is 0.424. The van der Waals surface area contributed by atoms with Gasteiger partial charge in [0.25, 0.3) is 0 Å². The number of sulfonamides is 1. The predicted molar refractivity (Wildman–Crippen MR) is 127 cm³/mol. The zero-order valence-corrected chi connectivity index (χ0v) is 19.9. The van der Waals surface area contributed by atoms with E-state index in [1.165, 1.54) is 28.4 Å². The molecule has 0 N–H and O–H groups in total. The molecular weight excluding hydrogens is 444 g/mol. The Morgan fingerprint density at radius 2 is 1.59 bits per heavy atom. The number of methoxy groups -OCH3 is 1. The average molecular weight is 473 g/mol. The number of benzene rings is 2. The van der Waals surface area contributed by atoms with E-state index >= 15 is 0 Å². The van der Waals surface area contributed by atoms with Crippen LogP contribution in [0.3, 0.4) is 0 Å². The summed E-state index contributed by atoms with van der Waals surface area (Å²) < 4.78 is 32.7. The second-order valence-electron chi connectivity index (χ2n) is 7.39. The summed E-state index contributed by atoms with van der Waals surface area (Å²) in [6.07, 6.45) is 0. The highest BCUT2D eigenvalue weighted by molar-refractivity contribution is 7.89. The van der Waals surface area contributed by atoms with Crippen LogP contribution in [-0.2, 0) is 32.6 Å². The number of ether oxygens (including phenoxy) is 1. The Morgan fingerprint density at radius 3 is 2.19 bits per heavy atom. The first-order valence-electron chi connectivity index (χ1n) is 10.3. The molecule has 8 heteroatoms. The lowest BCUT2D eigenvalue weighted by molar-refractivity contribution is -0.132. The van der Waals surface area contributed by atoms with Crippen molar-refractivity contribution in [2.45, 2.75) is 24.9 Å². The zero-order chi connectivity index (χ0) is 23.0. The van der Waals surface area contributed by atoms with Crippen LogP contribution in [-0.4, -0.2) is 50.3 Å². The Morgan fingerprint density at radius 1 is 0.938 bits per heavy atom. The lowest BCUT2D eigenvalue weighted by Gasteiger charge is -2.27. The van der Waals surface area contributed by atoms with E-state index in [0.717, 1.165) is 10.4 Å². The lowest BCUT2D eigenvalue weighted by atomic mass is 10.2. The van der Waals surface area contributed by atoms with E-state index in [4.69, 9.17) is 4.74 Å². The fraction of sp³-hybridized carbons (Fsp3) is 0.292. The number of amides is 1. The predicted octanol–water partition coefficient (Wildman–Crippen LogP) is 3.92. The first-order chi connectivity index (χ1) is 15.4. The van der Waals surface area contributed by atoms with Gasteiger partial charge >= 0.3 is 0 Å². The summed E-state index contributed by atoms with van der Waals surface area (Å²) in [6.45, 7) is 2.89. The monoisotopic (exact) mass is 472 g/mol. The molecule has 0 saturated carbocycles. The number of hydrogen-bond donors (Lipinski definition) is 0. The Bertz CT molecular complexity index is 1100. The van der Waals surface area contributed by atoms with Crippen LogP contribution in [0.1, 0.15) is 15.3 Å². The van der Waals surface area contributed by atoms with Crippen molar-refractivity contribution < 1.29 is 17.9 Å². The Hall–Kier alpha value is -2.52. The number of hydrogen-bond acceptors (Lipinski definition) is 5. The molecule has 0 bridgehead atoms. The second kappa shape index (κ2) is 11.4. The van der Waals surface area contributed by atoms with Crippen molar-refractivity contribution in [3.63, 3.8) is 0 Å². The molecule has 0 saturated heterocycles. The summed E-state index contributed by atoms with van der Waals surface area (Å²) >= 11 is 1.63. The van der Waals surface area contributed by atoms with E-state index in [1.807, 2.05) is 49.4 Å². The van der Waals surface area contributed by atoms with Gasteiger partial charge in [-0.3, -0.25) is 4.79 Å². The maximum absolute atomic E-state index is 13.4. The SMILES string of the molecule is COCCN(CC(=O)N(Cc1ccccc1)Cc1ccc(C)s1)S(=O)(=O)c1ccccc1. The highest BCUT2D eigenvalue weighted by atomic mass is 32.2. The fourth-order valence-corrected chi connectivity index (χ4v) is 5.56. The number of nitrogens with zero attached hydrogens (tertiary/aromatic N) is 2. The fourth-order valence-electron chi connectivity index (χ4n) is 3.26. The maximum Gasteiger partial charge on any atom is 0.243 e. The minimum absolute atomic E-state index is 0.0940. The molecule has 0 spiro atoms. The summed E-state index contributed by atoms with van der Waals surface area (Å²) in [5.74, 6) is -0.254. The van der Waals surface area contributed by atoms with Crippen molar-refractivity contribution >= 4 is 27.3 Å². The van der Waals surface area contributed by atoms with Crippen molar-refractivity contribution in [3.05, 3.63) is 88.1 Å². The summed E-state index contributed by atoms with van der Waals surface area (Å²) in [7, 11) is -2.33. The molecule has 0 aliphatic rings. The molecule has 6 nitrogen and oxygen atoms in total. The minimum atomic E-state index is -3.84. The molecule has 170 valence electrons. The van der Waals surface area contributed by atoms with E-state index in [-0.39, 0.29) is 30.5 Å². The summed E-state index contributed by atoms with van der Waals surface area (Å²) in [4.78, 5) is 17.5. The molecule has 0 aliphatic heterocycles. The molecular formula is C24H28N2O4S2. The lowest BCUT2D eigenvalue weighted by Crippen LogP contribution is -2.43. The van der Waals surface area contributed by atoms with Crippen LogP contribution >= 0.6 is 11.3 Å². The number of aryl methyl sites for hydroxylation is 1. The third-order valence-corrected chi connectivity index (χ3v) is 7.79. The third-order valence-electron chi connectivity index (χ3n) is 4.95. The van der Waals surface area contributed by atoms with Gasteiger partial charge in [-0.05, 0) is 36.8 Å². The standard InChI is InChI=1S/C24H28N2O4S2/c1-20-13-14-22(31-20)18-25(17-21-9-5-3-6-10-21)24(27)19-26(15-16-30-2)32(28,29)23-11-7-4-8-12-23/h3-14H,15-19H2,1-2H3. The first-order valence-corrected chi connectivity index (χ1v) is 12.6. The highest BCUT2D eigenvalue weighted by Gasteiger charge is 2.28. The molecule has 0 fully saturated rings. The van der Waals surface area contributed by atoms with Gasteiger partial charge in [-0.1, -0.05) is 48.5 Å². The molecule has 3 rings (SSSR count). The van der Waals surface area contributed by atoms with Crippen molar-refractivity contribution in [3.8, 4) is 0 Å². The zero-order valence-electron chi connectivity index (χ0n) is 18.3. The number of carbonyl (C=O) groups excluding carboxylic acids is 1. The van der Waals surface area contributed by atoms with E-state index in [1.54, 1.807) is 34.4 Å². The van der Waals surface area contributed by atoms with Crippen LogP contribution in [0.15, 0.2) is 77.7 Å². The van der Waals surface area contributed by atoms with Gasteiger partial charge in [-0.15, -0.1) is 11.3 Å². The van der Waals surface area contributed by atoms with Gasteiger partial charge in [-0.25, -0.2) is 8.42 Å². The largest absolute Gasteiger partial charge is 0.383 e. The van der Waals surface area contributed by atoms with Gasteiger partial charge in [0.05, 0.1) is 24.6 Å². The minimum Gasteiger partial charge on any atom is -0.383 e. The van der Waals surface area contributed by atoms with Crippen LogP contribution in [0, 0.1) is 6.92 Å². The van der Waals surface area contributed by atoms with Crippen molar-refractivity contribution in [1.82, 2.24) is 9.21 Å². The van der Waals surface area contributed by atoms with Crippen LogP contribution < -0.4 is 0 Å². The van der Waals surface area contributed by atoms with Gasteiger partial charge in [0.15, 0.2) is 0 Å². The number of rotatable bonds is 11. The second-order valence-corrected chi connectivity index (χ2v) is 10.7. The Kier molecular flexibility index (Phi) is 8.58. The van der Waals surface area contributed by atoms with Gasteiger partial charge in [0.1, 0.15) is 0 Å². The van der Waals surface area contributed by atoms with Crippen LogP contribution in [0.5, 0.6) is 0 Å². The third kappa shape index (κ3) is 6.49. The number of thiophene rings is 1. The van der Waals surface area contributed by atoms with Crippen molar-refractivity contribution in [1.29, 1.82) is 0 Å². The molecule has 0 atom stereocenters. The van der Waals surface area contributed by atoms with Crippen LogP contribution in [0.25, 0.3) is 0 Å². The Balaban J connectivity index is 1.84. The number of carbonyl (C=O) groups is 1. The van der Waals surface area contributed by atoms with Crippen LogP contribution in [0.4, 0.5) is 0 Å². The van der Waals surface area contributed by atoms with Crippen molar-refractivity contribution in [2.75, 3.05) is 26.8 Å². The normalized spacial score (nSPS) is 11.6. The molecule has 1 amide bonds. The van der Waals surface area contributed by atoms with Gasteiger partial charge in [0, 0.05) is 30.0 Å². The van der Waals surface area contributed by atoms with Crippen LogP contribution in [0.2, 0.25) is 0 Å². The highest BCUT2D eigenvalue weighted by Crippen LogP contribution is 2.20. The van der Waals surface area contributed by atoms with E-state index < -0.39 is 10.0 Å².